The fraction of sp³-hybridized carbons (Fsp3) is 0.343. The first-order valence-corrected chi connectivity index (χ1v) is 14.4. The van der Waals surface area contributed by atoms with E-state index >= 15 is 0 Å². The number of unbranched alkanes of at least 4 members (excludes halogenated alkanes) is 3. The molecule has 0 atom stereocenters. The van der Waals surface area contributed by atoms with Crippen LogP contribution in [0.1, 0.15) is 70.3 Å². The Hall–Kier alpha value is -4.37. The SMILES string of the molecule is C#C.Cc1cccc2c1ncn2CCCCCCc1ccc(C(=O)N2CCc3ccc(CCC(=O)O)cc3C2)cc1. The van der Waals surface area contributed by atoms with E-state index in [1.54, 1.807) is 0 Å². The summed E-state index contributed by atoms with van der Waals surface area (Å²) >= 11 is 0. The number of carbonyl (C=O) groups excluding carboxylic acids is 1. The molecule has 1 amide bonds. The number of rotatable bonds is 11. The van der Waals surface area contributed by atoms with Gasteiger partial charge in [0.2, 0.25) is 0 Å². The number of amides is 1. The van der Waals surface area contributed by atoms with Crippen molar-refractivity contribution in [1.29, 1.82) is 0 Å². The molecule has 41 heavy (non-hydrogen) atoms. The van der Waals surface area contributed by atoms with Gasteiger partial charge in [-0.2, -0.15) is 0 Å². The second-order valence-corrected chi connectivity index (χ2v) is 10.7. The first-order valence-electron chi connectivity index (χ1n) is 14.4. The number of fused-ring (bicyclic) bond motifs is 2. The molecule has 3 aromatic carbocycles. The number of carboxylic acid groups (broad SMARTS) is 1. The van der Waals surface area contributed by atoms with Crippen LogP contribution in [0.3, 0.4) is 0 Å². The lowest BCUT2D eigenvalue weighted by molar-refractivity contribution is -0.136. The molecule has 6 nitrogen and oxygen atoms in total. The number of nitrogens with zero attached hydrogens (tertiary/aromatic N) is 3. The molecular weight excluding hydrogens is 510 g/mol. The van der Waals surface area contributed by atoms with Gasteiger partial charge in [-0.3, -0.25) is 9.59 Å². The van der Waals surface area contributed by atoms with E-state index in [4.69, 9.17) is 5.11 Å². The molecule has 0 spiro atoms. The Balaban J connectivity index is 0.00000189. The second kappa shape index (κ2) is 14.3. The molecule has 2 heterocycles. The zero-order chi connectivity index (χ0) is 29.2. The number of aliphatic carboxylic acids is 1. The highest BCUT2D eigenvalue weighted by Crippen LogP contribution is 2.23. The summed E-state index contributed by atoms with van der Waals surface area (Å²) in [5, 5.41) is 8.97. The number of carboxylic acids is 1. The van der Waals surface area contributed by atoms with Crippen molar-refractivity contribution < 1.29 is 14.7 Å². The lowest BCUT2D eigenvalue weighted by atomic mass is 9.95. The fourth-order valence-corrected chi connectivity index (χ4v) is 5.56. The maximum absolute atomic E-state index is 13.2. The second-order valence-electron chi connectivity index (χ2n) is 10.7. The highest BCUT2D eigenvalue weighted by atomic mass is 16.4. The molecule has 1 aliphatic heterocycles. The molecular formula is C35H39N3O3. The van der Waals surface area contributed by atoms with E-state index in [-0.39, 0.29) is 12.3 Å². The summed E-state index contributed by atoms with van der Waals surface area (Å²) < 4.78 is 2.26. The average molecular weight is 550 g/mol. The lowest BCUT2D eigenvalue weighted by Gasteiger charge is -2.29. The summed E-state index contributed by atoms with van der Waals surface area (Å²) in [7, 11) is 0. The normalized spacial score (nSPS) is 12.4. The van der Waals surface area contributed by atoms with Crippen molar-refractivity contribution in [2.45, 2.75) is 71.4 Å². The predicted octanol–water partition coefficient (Wildman–Crippen LogP) is 6.61. The molecule has 5 rings (SSSR count). The Morgan fingerprint density at radius 1 is 0.902 bits per heavy atom. The minimum Gasteiger partial charge on any atom is -0.481 e. The number of para-hydroxylation sites is 1. The van der Waals surface area contributed by atoms with Crippen molar-refractivity contribution in [2.75, 3.05) is 6.54 Å². The first-order chi connectivity index (χ1) is 20.0. The van der Waals surface area contributed by atoms with E-state index in [0.717, 1.165) is 54.4 Å². The summed E-state index contributed by atoms with van der Waals surface area (Å²) in [4.78, 5) is 30.6. The molecule has 0 fully saturated rings. The zero-order valence-electron chi connectivity index (χ0n) is 23.9. The van der Waals surface area contributed by atoms with Gasteiger partial charge < -0.3 is 14.6 Å². The van der Waals surface area contributed by atoms with Crippen molar-refractivity contribution >= 4 is 22.9 Å². The number of hydrogen-bond acceptors (Lipinski definition) is 3. The molecule has 0 aliphatic carbocycles. The van der Waals surface area contributed by atoms with Crippen LogP contribution < -0.4 is 0 Å². The molecule has 0 bridgehead atoms. The monoisotopic (exact) mass is 549 g/mol. The van der Waals surface area contributed by atoms with E-state index in [1.807, 2.05) is 29.4 Å². The number of benzene rings is 3. The van der Waals surface area contributed by atoms with Crippen molar-refractivity contribution in [3.63, 3.8) is 0 Å². The van der Waals surface area contributed by atoms with E-state index in [1.165, 1.54) is 35.0 Å². The standard InChI is InChI=1S/C33H37N3O3.C2H2/c1-24-7-6-9-30-32(24)34-23-36(30)19-5-3-2-4-8-25-10-15-28(16-11-25)33(39)35-20-18-27-14-12-26(13-17-31(37)38)21-29(27)22-35;1-2/h6-7,9-12,14-16,21,23H,2-5,8,13,17-20,22H2,1H3,(H,37,38);1-2H. The molecule has 0 saturated heterocycles. The third kappa shape index (κ3) is 7.64. The van der Waals surface area contributed by atoms with Crippen LogP contribution in [0, 0.1) is 19.8 Å². The Kier molecular flexibility index (Phi) is 10.3. The van der Waals surface area contributed by atoms with Crippen LogP contribution >= 0.6 is 0 Å². The van der Waals surface area contributed by atoms with E-state index in [9.17, 15) is 9.59 Å². The maximum atomic E-state index is 13.2. The van der Waals surface area contributed by atoms with Crippen molar-refractivity contribution in [2.24, 2.45) is 0 Å². The highest BCUT2D eigenvalue weighted by molar-refractivity contribution is 5.94. The first kappa shape index (κ1) is 29.6. The van der Waals surface area contributed by atoms with Gasteiger partial charge in [-0.25, -0.2) is 4.98 Å². The number of imidazole rings is 1. The molecule has 1 N–H and O–H groups in total. The van der Waals surface area contributed by atoms with Crippen LogP contribution in [-0.4, -0.2) is 38.0 Å². The van der Waals surface area contributed by atoms with Gasteiger partial charge in [0, 0.05) is 31.6 Å². The van der Waals surface area contributed by atoms with Crippen molar-refractivity contribution in [3.8, 4) is 12.8 Å². The topological polar surface area (TPSA) is 75.4 Å². The lowest BCUT2D eigenvalue weighted by Crippen LogP contribution is -2.36. The summed E-state index contributed by atoms with van der Waals surface area (Å²) in [6, 6.07) is 20.6. The Bertz CT molecular complexity index is 1500. The molecule has 1 aromatic heterocycles. The van der Waals surface area contributed by atoms with Crippen LogP contribution in [0.4, 0.5) is 0 Å². The molecule has 212 valence electrons. The van der Waals surface area contributed by atoms with Gasteiger partial charge in [-0.05, 0) is 85.0 Å². The van der Waals surface area contributed by atoms with Crippen LogP contribution in [0.2, 0.25) is 0 Å². The van der Waals surface area contributed by atoms with Gasteiger partial charge in [-0.1, -0.05) is 55.3 Å². The Morgan fingerprint density at radius 3 is 2.44 bits per heavy atom. The number of terminal acetylenes is 1. The third-order valence-corrected chi connectivity index (χ3v) is 7.87. The van der Waals surface area contributed by atoms with Gasteiger partial charge in [-0.15, -0.1) is 12.8 Å². The zero-order valence-corrected chi connectivity index (χ0v) is 23.9. The largest absolute Gasteiger partial charge is 0.481 e. The maximum Gasteiger partial charge on any atom is 0.303 e. The average Bonchev–Trinajstić information content (AvgIpc) is 3.42. The van der Waals surface area contributed by atoms with Gasteiger partial charge in [0.05, 0.1) is 17.4 Å². The molecule has 4 aromatic rings. The van der Waals surface area contributed by atoms with E-state index < -0.39 is 5.97 Å². The number of carbonyl (C=O) groups is 2. The minimum absolute atomic E-state index is 0.0605. The Labute approximate surface area is 243 Å². The van der Waals surface area contributed by atoms with Gasteiger partial charge in [0.15, 0.2) is 0 Å². The summed E-state index contributed by atoms with van der Waals surface area (Å²) in [6.07, 6.45) is 17.1. The number of aryl methyl sites for hydroxylation is 4. The van der Waals surface area contributed by atoms with E-state index in [2.05, 4.69) is 71.8 Å². The molecule has 0 saturated carbocycles. The summed E-state index contributed by atoms with van der Waals surface area (Å²) in [5.41, 5.74) is 8.95. The molecule has 0 radical (unpaired) electrons. The Morgan fingerprint density at radius 2 is 1.66 bits per heavy atom. The summed E-state index contributed by atoms with van der Waals surface area (Å²) in [6.45, 7) is 4.39. The molecule has 1 aliphatic rings. The number of hydrogen-bond donors (Lipinski definition) is 1. The smallest absolute Gasteiger partial charge is 0.303 e. The molecule has 6 heteroatoms. The van der Waals surface area contributed by atoms with Crippen LogP contribution in [0.25, 0.3) is 11.0 Å². The van der Waals surface area contributed by atoms with Crippen LogP contribution in [0.5, 0.6) is 0 Å². The minimum atomic E-state index is -0.789. The van der Waals surface area contributed by atoms with Gasteiger partial charge in [0.25, 0.3) is 5.91 Å². The predicted molar refractivity (Wildman–Crippen MR) is 164 cm³/mol. The number of aromatic nitrogens is 2. The van der Waals surface area contributed by atoms with Crippen molar-refractivity contribution in [1.82, 2.24) is 14.5 Å². The fourth-order valence-electron chi connectivity index (χ4n) is 5.56. The molecule has 0 unspecified atom stereocenters. The van der Waals surface area contributed by atoms with Gasteiger partial charge >= 0.3 is 5.97 Å². The summed E-state index contributed by atoms with van der Waals surface area (Å²) in [5.74, 6) is -0.729. The highest BCUT2D eigenvalue weighted by Gasteiger charge is 2.22. The van der Waals surface area contributed by atoms with E-state index in [0.29, 0.717) is 19.5 Å². The van der Waals surface area contributed by atoms with Crippen molar-refractivity contribution in [3.05, 3.63) is 100 Å². The quantitative estimate of drug-likeness (QED) is 0.169. The van der Waals surface area contributed by atoms with Crippen LogP contribution in [-0.2, 0) is 37.1 Å². The third-order valence-electron chi connectivity index (χ3n) is 7.87. The van der Waals surface area contributed by atoms with Crippen LogP contribution in [0.15, 0.2) is 67.0 Å². The van der Waals surface area contributed by atoms with Gasteiger partial charge in [0.1, 0.15) is 0 Å².